The molecule has 19 heavy (non-hydrogen) atoms. The van der Waals surface area contributed by atoms with Gasteiger partial charge in [0, 0.05) is 12.8 Å². The van der Waals surface area contributed by atoms with Gasteiger partial charge in [-0.25, -0.2) is 0 Å². The van der Waals surface area contributed by atoms with Gasteiger partial charge in [-0.2, -0.15) is 4.98 Å². The highest BCUT2D eigenvalue weighted by Crippen LogP contribution is 2.36. The molecule has 7 nitrogen and oxygen atoms in total. The molecule has 0 bridgehead atoms. The number of carbonyl (C=O) groups excluding carboxylic acids is 1. The van der Waals surface area contributed by atoms with Crippen molar-refractivity contribution in [2.45, 2.75) is 44.2 Å². The van der Waals surface area contributed by atoms with Gasteiger partial charge in [0.05, 0.1) is 25.7 Å². The van der Waals surface area contributed by atoms with E-state index in [9.17, 15) is 4.79 Å². The predicted octanol–water partition coefficient (Wildman–Crippen LogP) is 0.528. The minimum Gasteiger partial charge on any atom is -0.469 e. The summed E-state index contributed by atoms with van der Waals surface area (Å²) < 4.78 is 15.3. The van der Waals surface area contributed by atoms with Crippen LogP contribution in [0.25, 0.3) is 0 Å². The molecule has 0 saturated carbocycles. The normalized spacial score (nSPS) is 25.5. The standard InChI is InChI=1S/C12H19N3O4/c1-11(2)6-12(13,7-18-11)10-14-8(19-15-10)4-5-9(16)17-3/h4-7,13H2,1-3H3. The van der Waals surface area contributed by atoms with Gasteiger partial charge in [0.25, 0.3) is 0 Å². The van der Waals surface area contributed by atoms with Gasteiger partial charge in [-0.1, -0.05) is 5.16 Å². The van der Waals surface area contributed by atoms with E-state index in [-0.39, 0.29) is 18.0 Å². The molecule has 2 rings (SSSR count). The van der Waals surface area contributed by atoms with Gasteiger partial charge < -0.3 is 19.7 Å². The van der Waals surface area contributed by atoms with Crippen LogP contribution in [0.2, 0.25) is 0 Å². The average Bonchev–Trinajstić information content (AvgIpc) is 2.92. The van der Waals surface area contributed by atoms with Gasteiger partial charge in [0.2, 0.25) is 5.89 Å². The van der Waals surface area contributed by atoms with Crippen molar-refractivity contribution in [3.05, 3.63) is 11.7 Å². The zero-order chi connectivity index (χ0) is 14.1. The van der Waals surface area contributed by atoms with Crippen molar-refractivity contribution < 1.29 is 18.8 Å². The number of esters is 1. The second kappa shape index (κ2) is 4.90. The van der Waals surface area contributed by atoms with Crippen molar-refractivity contribution in [3.63, 3.8) is 0 Å². The van der Waals surface area contributed by atoms with Crippen molar-refractivity contribution in [3.8, 4) is 0 Å². The number of rotatable bonds is 4. The second-order valence-corrected chi connectivity index (χ2v) is 5.47. The maximum atomic E-state index is 11.0. The lowest BCUT2D eigenvalue weighted by Crippen LogP contribution is -2.39. The van der Waals surface area contributed by atoms with E-state index in [1.165, 1.54) is 7.11 Å². The Morgan fingerprint density at radius 3 is 2.84 bits per heavy atom. The van der Waals surface area contributed by atoms with Crippen LogP contribution in [0.5, 0.6) is 0 Å². The SMILES string of the molecule is COC(=O)CCc1nc(C2(N)COC(C)(C)C2)no1. The molecule has 7 heteroatoms. The molecule has 2 N–H and O–H groups in total. The lowest BCUT2D eigenvalue weighted by molar-refractivity contribution is -0.140. The topological polar surface area (TPSA) is 100 Å². The first-order chi connectivity index (χ1) is 8.85. The first-order valence-electron chi connectivity index (χ1n) is 6.17. The van der Waals surface area contributed by atoms with Crippen LogP contribution in [0, 0.1) is 0 Å². The van der Waals surface area contributed by atoms with Gasteiger partial charge >= 0.3 is 5.97 Å². The molecule has 0 aromatic carbocycles. The summed E-state index contributed by atoms with van der Waals surface area (Å²) in [7, 11) is 1.34. The van der Waals surface area contributed by atoms with Gasteiger partial charge in [-0.3, -0.25) is 4.79 Å². The number of hydrogen-bond donors (Lipinski definition) is 1. The van der Waals surface area contributed by atoms with E-state index >= 15 is 0 Å². The molecule has 1 atom stereocenters. The second-order valence-electron chi connectivity index (χ2n) is 5.47. The summed E-state index contributed by atoms with van der Waals surface area (Å²) in [6, 6.07) is 0. The molecule has 1 aromatic heterocycles. The molecule has 0 spiro atoms. The Morgan fingerprint density at radius 1 is 1.53 bits per heavy atom. The Kier molecular flexibility index (Phi) is 3.60. The Labute approximate surface area is 111 Å². The summed E-state index contributed by atoms with van der Waals surface area (Å²) in [5, 5.41) is 3.90. The van der Waals surface area contributed by atoms with Crippen molar-refractivity contribution in [1.82, 2.24) is 10.1 Å². The van der Waals surface area contributed by atoms with E-state index in [4.69, 9.17) is 15.0 Å². The summed E-state index contributed by atoms with van der Waals surface area (Å²) in [5.74, 6) is 0.500. The maximum Gasteiger partial charge on any atom is 0.306 e. The largest absolute Gasteiger partial charge is 0.469 e. The maximum absolute atomic E-state index is 11.0. The predicted molar refractivity (Wildman–Crippen MR) is 65.1 cm³/mol. The molecule has 1 fully saturated rings. The highest BCUT2D eigenvalue weighted by atomic mass is 16.5. The van der Waals surface area contributed by atoms with Gasteiger partial charge in [0.1, 0.15) is 5.54 Å². The summed E-state index contributed by atoms with van der Waals surface area (Å²) in [6.07, 6.45) is 1.17. The van der Waals surface area contributed by atoms with Crippen LogP contribution in [0.4, 0.5) is 0 Å². The summed E-state index contributed by atoms with van der Waals surface area (Å²) in [6.45, 7) is 4.30. The number of methoxy groups -OCH3 is 1. The van der Waals surface area contributed by atoms with Crippen LogP contribution >= 0.6 is 0 Å². The monoisotopic (exact) mass is 269 g/mol. The molecule has 106 valence electrons. The number of hydrogen-bond acceptors (Lipinski definition) is 7. The van der Waals surface area contributed by atoms with Crippen LogP contribution in [0.15, 0.2) is 4.52 Å². The fourth-order valence-electron chi connectivity index (χ4n) is 2.20. The molecule has 0 amide bonds. The number of carbonyl (C=O) groups is 1. The van der Waals surface area contributed by atoms with Crippen LogP contribution in [0.1, 0.15) is 38.4 Å². The Hall–Kier alpha value is -1.47. The van der Waals surface area contributed by atoms with E-state index < -0.39 is 5.54 Å². The van der Waals surface area contributed by atoms with Crippen LogP contribution < -0.4 is 5.73 Å². The zero-order valence-corrected chi connectivity index (χ0v) is 11.4. The van der Waals surface area contributed by atoms with E-state index in [2.05, 4.69) is 14.9 Å². The third-order valence-electron chi connectivity index (χ3n) is 3.15. The van der Waals surface area contributed by atoms with E-state index in [1.54, 1.807) is 0 Å². The highest BCUT2D eigenvalue weighted by molar-refractivity contribution is 5.69. The van der Waals surface area contributed by atoms with Crippen molar-refractivity contribution in [2.24, 2.45) is 5.73 Å². The number of aryl methyl sites for hydroxylation is 1. The fraction of sp³-hybridized carbons (Fsp3) is 0.750. The number of aromatic nitrogens is 2. The zero-order valence-electron chi connectivity index (χ0n) is 11.4. The molecule has 0 aliphatic carbocycles. The Morgan fingerprint density at radius 2 is 2.26 bits per heavy atom. The Balaban J connectivity index is 2.03. The van der Waals surface area contributed by atoms with Crippen LogP contribution in [-0.4, -0.2) is 35.4 Å². The van der Waals surface area contributed by atoms with Gasteiger partial charge in [0.15, 0.2) is 5.82 Å². The van der Waals surface area contributed by atoms with Crippen LogP contribution in [0.3, 0.4) is 0 Å². The van der Waals surface area contributed by atoms with Crippen molar-refractivity contribution in [2.75, 3.05) is 13.7 Å². The third kappa shape index (κ3) is 3.10. The number of nitrogens with two attached hydrogens (primary N) is 1. The average molecular weight is 269 g/mol. The number of nitrogens with zero attached hydrogens (tertiary/aromatic N) is 2. The first-order valence-corrected chi connectivity index (χ1v) is 6.17. The van der Waals surface area contributed by atoms with Crippen LogP contribution in [-0.2, 0) is 26.2 Å². The summed E-state index contributed by atoms with van der Waals surface area (Å²) in [5.41, 5.74) is 5.23. The quantitative estimate of drug-likeness (QED) is 0.795. The summed E-state index contributed by atoms with van der Waals surface area (Å²) in [4.78, 5) is 15.3. The lowest BCUT2D eigenvalue weighted by Gasteiger charge is -2.19. The minimum atomic E-state index is -0.726. The number of ether oxygens (including phenoxy) is 2. The van der Waals surface area contributed by atoms with E-state index in [1.807, 2.05) is 13.8 Å². The lowest BCUT2D eigenvalue weighted by atomic mass is 9.91. The molecule has 1 saturated heterocycles. The molecule has 1 aliphatic heterocycles. The minimum absolute atomic E-state index is 0.206. The molecule has 1 unspecified atom stereocenters. The molecule has 2 heterocycles. The van der Waals surface area contributed by atoms with E-state index in [0.717, 1.165) is 0 Å². The fourth-order valence-corrected chi connectivity index (χ4v) is 2.20. The highest BCUT2D eigenvalue weighted by Gasteiger charge is 2.46. The van der Waals surface area contributed by atoms with Gasteiger partial charge in [-0.15, -0.1) is 0 Å². The van der Waals surface area contributed by atoms with Crippen molar-refractivity contribution >= 4 is 5.97 Å². The third-order valence-corrected chi connectivity index (χ3v) is 3.15. The van der Waals surface area contributed by atoms with Crippen molar-refractivity contribution in [1.29, 1.82) is 0 Å². The molecule has 1 aromatic rings. The first kappa shape index (κ1) is 14.0. The molecular weight excluding hydrogens is 250 g/mol. The van der Waals surface area contributed by atoms with E-state index in [0.29, 0.717) is 31.2 Å². The smallest absolute Gasteiger partial charge is 0.306 e. The molecule has 0 radical (unpaired) electrons. The summed E-state index contributed by atoms with van der Waals surface area (Å²) >= 11 is 0. The molecule has 1 aliphatic rings. The van der Waals surface area contributed by atoms with Gasteiger partial charge in [-0.05, 0) is 13.8 Å². The Bertz CT molecular complexity index is 471. The molecular formula is C12H19N3O4.